The summed E-state index contributed by atoms with van der Waals surface area (Å²) >= 11 is 0. The van der Waals surface area contributed by atoms with E-state index in [9.17, 15) is 13.6 Å². The van der Waals surface area contributed by atoms with Crippen LogP contribution in [0.25, 0.3) is 5.82 Å². The second-order valence-corrected chi connectivity index (χ2v) is 6.55. The van der Waals surface area contributed by atoms with Crippen molar-refractivity contribution in [3.05, 3.63) is 95.4 Å². The molecule has 2 heterocycles. The third-order valence-electron chi connectivity index (χ3n) is 4.43. The highest BCUT2D eigenvalue weighted by molar-refractivity contribution is 6.04. The Labute approximate surface area is 165 Å². The molecule has 0 aliphatic heterocycles. The number of benzene rings is 2. The van der Waals surface area contributed by atoms with Crippen molar-refractivity contribution >= 4 is 11.6 Å². The Kier molecular flexibility index (Phi) is 4.90. The summed E-state index contributed by atoms with van der Waals surface area (Å²) in [5, 5.41) is 10.9. The Bertz CT molecular complexity index is 1150. The molecular weight excluding hydrogens is 376 g/mol. The molecule has 2 aromatic carbocycles. The molecule has 1 N–H and O–H groups in total. The zero-order chi connectivity index (χ0) is 20.4. The molecule has 1 amide bonds. The number of hydrogen-bond donors (Lipinski definition) is 1. The lowest BCUT2D eigenvalue weighted by molar-refractivity contribution is 0.102. The number of aromatic nitrogens is 4. The van der Waals surface area contributed by atoms with E-state index in [1.54, 1.807) is 46.8 Å². The first-order chi connectivity index (χ1) is 14.0. The second-order valence-electron chi connectivity index (χ2n) is 6.55. The summed E-state index contributed by atoms with van der Waals surface area (Å²) in [6.45, 7) is 1.93. The van der Waals surface area contributed by atoms with Crippen molar-refractivity contribution in [3.8, 4) is 5.82 Å². The van der Waals surface area contributed by atoms with E-state index in [4.69, 9.17) is 0 Å². The Morgan fingerprint density at radius 1 is 1.07 bits per heavy atom. The smallest absolute Gasteiger partial charge is 0.280 e. The topological polar surface area (TPSA) is 64.7 Å². The highest BCUT2D eigenvalue weighted by atomic mass is 19.1. The number of carbonyl (C=O) groups excluding carboxylic acids is 1. The van der Waals surface area contributed by atoms with E-state index in [1.165, 1.54) is 24.3 Å². The lowest BCUT2D eigenvalue weighted by Gasteiger charge is -2.10. The maximum Gasteiger partial charge on any atom is 0.280 e. The number of anilines is 1. The van der Waals surface area contributed by atoms with E-state index in [2.05, 4.69) is 15.6 Å². The zero-order valence-corrected chi connectivity index (χ0v) is 15.5. The maximum atomic E-state index is 13.5. The fourth-order valence-electron chi connectivity index (χ4n) is 2.97. The maximum absolute atomic E-state index is 13.5. The van der Waals surface area contributed by atoms with Gasteiger partial charge in [-0.2, -0.15) is 0 Å². The summed E-state index contributed by atoms with van der Waals surface area (Å²) in [5.41, 5.74) is 1.81. The number of nitrogens with one attached hydrogen (secondary N) is 1. The van der Waals surface area contributed by atoms with Crippen LogP contribution >= 0.6 is 0 Å². The lowest BCUT2D eigenvalue weighted by atomic mass is 10.2. The molecule has 0 aliphatic carbocycles. The van der Waals surface area contributed by atoms with Crippen molar-refractivity contribution in [3.63, 3.8) is 0 Å². The number of rotatable bonds is 5. The van der Waals surface area contributed by atoms with Crippen LogP contribution in [-0.4, -0.2) is 25.5 Å². The number of halogens is 2. The molecule has 0 unspecified atom stereocenters. The molecule has 8 heteroatoms. The summed E-state index contributed by atoms with van der Waals surface area (Å²) in [6, 6.07) is 14.0. The Balaban J connectivity index is 1.67. The van der Waals surface area contributed by atoms with Crippen LogP contribution in [0.5, 0.6) is 0 Å². The van der Waals surface area contributed by atoms with Crippen LogP contribution in [0.3, 0.4) is 0 Å². The van der Waals surface area contributed by atoms with Crippen LogP contribution in [0.4, 0.5) is 14.5 Å². The van der Waals surface area contributed by atoms with E-state index in [0.717, 1.165) is 5.56 Å². The minimum Gasteiger partial charge on any atom is -0.320 e. The second kappa shape index (κ2) is 7.67. The van der Waals surface area contributed by atoms with Gasteiger partial charge in [0, 0.05) is 18.1 Å². The molecule has 0 fully saturated rings. The average Bonchev–Trinajstić information content (AvgIpc) is 3.36. The van der Waals surface area contributed by atoms with Crippen LogP contribution in [0.1, 0.15) is 21.6 Å². The van der Waals surface area contributed by atoms with Gasteiger partial charge in [-0.05, 0) is 60.5 Å². The van der Waals surface area contributed by atoms with Crippen molar-refractivity contribution in [2.75, 3.05) is 5.32 Å². The minimum atomic E-state index is -0.468. The van der Waals surface area contributed by atoms with E-state index < -0.39 is 5.91 Å². The summed E-state index contributed by atoms with van der Waals surface area (Å²) in [4.78, 5) is 12.9. The fourth-order valence-corrected chi connectivity index (χ4v) is 2.97. The molecule has 0 saturated heterocycles. The van der Waals surface area contributed by atoms with Crippen molar-refractivity contribution in [1.29, 1.82) is 0 Å². The van der Waals surface area contributed by atoms with Gasteiger partial charge < -0.3 is 9.88 Å². The number of nitrogens with zero attached hydrogens (tertiary/aromatic N) is 4. The van der Waals surface area contributed by atoms with E-state index >= 15 is 0 Å². The molecule has 146 valence electrons. The van der Waals surface area contributed by atoms with Crippen molar-refractivity contribution in [1.82, 2.24) is 19.6 Å². The van der Waals surface area contributed by atoms with Crippen molar-refractivity contribution < 1.29 is 13.6 Å². The summed E-state index contributed by atoms with van der Waals surface area (Å²) in [6.07, 6.45) is 3.55. The molecule has 6 nitrogen and oxygen atoms in total. The first-order valence-corrected chi connectivity index (χ1v) is 8.90. The van der Waals surface area contributed by atoms with Gasteiger partial charge in [-0.25, -0.2) is 13.5 Å². The van der Waals surface area contributed by atoms with Crippen LogP contribution in [0.15, 0.2) is 67.0 Å². The number of aryl methyl sites for hydroxylation is 1. The molecule has 0 atom stereocenters. The molecule has 29 heavy (non-hydrogen) atoms. The predicted molar refractivity (Wildman–Crippen MR) is 104 cm³/mol. The lowest BCUT2D eigenvalue weighted by Crippen LogP contribution is -2.17. The normalized spacial score (nSPS) is 10.9. The molecule has 0 aliphatic rings. The molecule has 0 radical (unpaired) electrons. The van der Waals surface area contributed by atoms with Gasteiger partial charge in [-0.1, -0.05) is 17.3 Å². The Morgan fingerprint density at radius 2 is 1.79 bits per heavy atom. The van der Waals surface area contributed by atoms with Gasteiger partial charge in [0.2, 0.25) is 0 Å². The van der Waals surface area contributed by atoms with Gasteiger partial charge >= 0.3 is 0 Å². The van der Waals surface area contributed by atoms with Crippen LogP contribution in [0, 0.1) is 18.6 Å². The summed E-state index contributed by atoms with van der Waals surface area (Å²) < 4.78 is 30.0. The van der Waals surface area contributed by atoms with Gasteiger partial charge in [0.1, 0.15) is 11.6 Å². The van der Waals surface area contributed by atoms with E-state index in [0.29, 0.717) is 23.6 Å². The van der Waals surface area contributed by atoms with Gasteiger partial charge in [0.05, 0.1) is 6.54 Å². The van der Waals surface area contributed by atoms with E-state index in [1.807, 2.05) is 12.1 Å². The first kappa shape index (κ1) is 18.5. The molecular formula is C21H17F2N5O. The average molecular weight is 393 g/mol. The molecule has 0 saturated carbocycles. The quantitative estimate of drug-likeness (QED) is 0.558. The Morgan fingerprint density at radius 3 is 2.48 bits per heavy atom. The molecule has 0 spiro atoms. The summed E-state index contributed by atoms with van der Waals surface area (Å²) in [5.74, 6) is -0.672. The fraction of sp³-hybridized carbons (Fsp3) is 0.0952. The monoisotopic (exact) mass is 393 g/mol. The molecule has 4 rings (SSSR count). The molecule has 4 aromatic rings. The molecule has 0 bridgehead atoms. The zero-order valence-electron chi connectivity index (χ0n) is 15.5. The number of carbonyl (C=O) groups is 1. The first-order valence-electron chi connectivity index (χ1n) is 8.90. The largest absolute Gasteiger partial charge is 0.320 e. The SMILES string of the molecule is Cc1cc(NC(=O)c2nnn(Cc3ccc(F)cc3)c2-n2cccc2)ccc1F. The number of amides is 1. The Hall–Kier alpha value is -3.81. The van der Waals surface area contributed by atoms with Crippen molar-refractivity contribution in [2.24, 2.45) is 0 Å². The van der Waals surface area contributed by atoms with Gasteiger partial charge in [0.15, 0.2) is 11.5 Å². The highest BCUT2D eigenvalue weighted by Crippen LogP contribution is 2.18. The number of hydrogen-bond acceptors (Lipinski definition) is 3. The molecule has 2 aromatic heterocycles. The summed E-state index contributed by atoms with van der Waals surface area (Å²) in [7, 11) is 0. The van der Waals surface area contributed by atoms with Gasteiger partial charge in [-0.15, -0.1) is 5.10 Å². The van der Waals surface area contributed by atoms with Gasteiger partial charge in [0.25, 0.3) is 5.91 Å². The minimum absolute atomic E-state index is 0.116. The van der Waals surface area contributed by atoms with Crippen LogP contribution in [-0.2, 0) is 6.54 Å². The van der Waals surface area contributed by atoms with Crippen LogP contribution in [0.2, 0.25) is 0 Å². The standard InChI is InChI=1S/C21H17F2N5O/c1-14-12-17(8-9-18(14)23)24-20(29)19-21(27-10-2-3-11-27)28(26-25-19)13-15-4-6-16(22)7-5-15/h2-12H,13H2,1H3,(H,24,29). The van der Waals surface area contributed by atoms with Gasteiger partial charge in [-0.3, -0.25) is 4.79 Å². The third kappa shape index (κ3) is 3.91. The highest BCUT2D eigenvalue weighted by Gasteiger charge is 2.21. The van der Waals surface area contributed by atoms with Crippen molar-refractivity contribution in [2.45, 2.75) is 13.5 Å². The van der Waals surface area contributed by atoms with Crippen LogP contribution < -0.4 is 5.32 Å². The predicted octanol–water partition coefficient (Wildman–Crippen LogP) is 3.96. The third-order valence-corrected chi connectivity index (χ3v) is 4.43. The van der Waals surface area contributed by atoms with E-state index in [-0.39, 0.29) is 17.3 Å².